The smallest absolute Gasteiger partial charge is 0.0791 e. The fraction of sp³-hybridized carbons (Fsp3) is 1.00. The minimum absolute atomic E-state index is 0.258. The van der Waals surface area contributed by atoms with Gasteiger partial charge in [-0.15, -0.1) is 0 Å². The van der Waals surface area contributed by atoms with Gasteiger partial charge in [0.2, 0.25) is 0 Å². The summed E-state index contributed by atoms with van der Waals surface area (Å²) in [7, 11) is 0. The summed E-state index contributed by atoms with van der Waals surface area (Å²) in [6.07, 6.45) is 2.15. The van der Waals surface area contributed by atoms with Crippen molar-refractivity contribution in [3.05, 3.63) is 0 Å². The molecule has 2 unspecified atom stereocenters. The molecule has 0 heterocycles. The van der Waals surface area contributed by atoms with Crippen LogP contribution in [-0.2, 0) is 0 Å². The average molecular weight is 244 g/mol. The van der Waals surface area contributed by atoms with Crippen LogP contribution in [0.2, 0.25) is 0 Å². The molecule has 0 saturated heterocycles. The van der Waals surface area contributed by atoms with Crippen LogP contribution in [0.1, 0.15) is 47.5 Å². The van der Waals surface area contributed by atoms with Crippen molar-refractivity contribution in [2.45, 2.75) is 59.6 Å². The van der Waals surface area contributed by atoms with Crippen molar-refractivity contribution < 1.29 is 5.11 Å². The molecule has 104 valence electrons. The zero-order valence-electron chi connectivity index (χ0n) is 12.4. The van der Waals surface area contributed by atoms with Gasteiger partial charge in [-0.2, -0.15) is 0 Å². The Kier molecular flexibility index (Phi) is 9.79. The van der Waals surface area contributed by atoms with Crippen molar-refractivity contribution in [3.8, 4) is 0 Å². The molecule has 3 nitrogen and oxygen atoms in total. The van der Waals surface area contributed by atoms with Gasteiger partial charge in [0.1, 0.15) is 0 Å². The largest absolute Gasteiger partial charge is 0.390 e. The van der Waals surface area contributed by atoms with Crippen LogP contribution in [0.3, 0.4) is 0 Å². The van der Waals surface area contributed by atoms with E-state index >= 15 is 0 Å². The van der Waals surface area contributed by atoms with E-state index < -0.39 is 0 Å². The number of nitrogens with zero attached hydrogens (tertiary/aromatic N) is 1. The Morgan fingerprint density at radius 3 is 2.00 bits per heavy atom. The van der Waals surface area contributed by atoms with E-state index in [-0.39, 0.29) is 6.10 Å². The minimum Gasteiger partial charge on any atom is -0.390 e. The molecule has 2 N–H and O–H groups in total. The fourth-order valence-corrected chi connectivity index (χ4v) is 2.33. The van der Waals surface area contributed by atoms with E-state index in [1.165, 1.54) is 12.8 Å². The Labute approximate surface area is 108 Å². The van der Waals surface area contributed by atoms with Gasteiger partial charge in [-0.1, -0.05) is 40.5 Å². The van der Waals surface area contributed by atoms with E-state index in [2.05, 4.69) is 44.8 Å². The van der Waals surface area contributed by atoms with Gasteiger partial charge < -0.3 is 15.3 Å². The van der Waals surface area contributed by atoms with Crippen LogP contribution in [0.4, 0.5) is 0 Å². The van der Waals surface area contributed by atoms with Gasteiger partial charge in [-0.3, -0.25) is 0 Å². The molecule has 2 atom stereocenters. The highest BCUT2D eigenvalue weighted by Gasteiger charge is 2.15. The summed E-state index contributed by atoms with van der Waals surface area (Å²) in [6, 6.07) is 0.497. The molecule has 0 aliphatic heterocycles. The van der Waals surface area contributed by atoms with Crippen molar-refractivity contribution in [1.29, 1.82) is 0 Å². The summed E-state index contributed by atoms with van der Waals surface area (Å²) < 4.78 is 0. The van der Waals surface area contributed by atoms with E-state index in [4.69, 9.17) is 0 Å². The molecule has 0 saturated carbocycles. The number of hydrogen-bond acceptors (Lipinski definition) is 3. The van der Waals surface area contributed by atoms with Crippen molar-refractivity contribution in [2.75, 3.05) is 26.2 Å². The third kappa shape index (κ3) is 7.02. The molecule has 0 aromatic heterocycles. The van der Waals surface area contributed by atoms with Crippen molar-refractivity contribution in [2.24, 2.45) is 5.92 Å². The van der Waals surface area contributed by atoms with Crippen LogP contribution in [0, 0.1) is 5.92 Å². The first kappa shape index (κ1) is 16.9. The molecular weight excluding hydrogens is 212 g/mol. The summed E-state index contributed by atoms with van der Waals surface area (Å²) in [6.45, 7) is 14.5. The summed E-state index contributed by atoms with van der Waals surface area (Å²) in [5, 5.41) is 13.4. The quantitative estimate of drug-likeness (QED) is 0.618. The predicted octanol–water partition coefficient (Wildman–Crippen LogP) is 2.10. The van der Waals surface area contributed by atoms with Gasteiger partial charge in [0.05, 0.1) is 6.10 Å². The van der Waals surface area contributed by atoms with E-state index in [1.807, 2.05) is 0 Å². The molecule has 0 aliphatic carbocycles. The molecule has 0 aromatic rings. The highest BCUT2D eigenvalue weighted by molar-refractivity contribution is 4.73. The van der Waals surface area contributed by atoms with Gasteiger partial charge in [0.25, 0.3) is 0 Å². The first-order valence-electron chi connectivity index (χ1n) is 7.22. The Bertz CT molecular complexity index is 168. The van der Waals surface area contributed by atoms with Crippen LogP contribution in [0.15, 0.2) is 0 Å². The van der Waals surface area contributed by atoms with Crippen molar-refractivity contribution in [1.82, 2.24) is 10.2 Å². The van der Waals surface area contributed by atoms with E-state index in [0.717, 1.165) is 25.6 Å². The van der Waals surface area contributed by atoms with E-state index in [9.17, 15) is 5.11 Å². The normalized spacial score (nSPS) is 15.5. The van der Waals surface area contributed by atoms with Crippen LogP contribution in [-0.4, -0.2) is 48.3 Å². The highest BCUT2D eigenvalue weighted by atomic mass is 16.3. The molecule has 0 aliphatic rings. The lowest BCUT2D eigenvalue weighted by Crippen LogP contribution is -2.42. The monoisotopic (exact) mass is 244 g/mol. The summed E-state index contributed by atoms with van der Waals surface area (Å²) in [4.78, 5) is 2.26. The number of likely N-dealkylation sites (N-methyl/N-ethyl adjacent to an activating group) is 1. The molecular formula is C14H32N2O. The predicted molar refractivity (Wildman–Crippen MR) is 75.3 cm³/mol. The highest BCUT2D eigenvalue weighted by Crippen LogP contribution is 2.12. The molecule has 0 amide bonds. The first-order chi connectivity index (χ1) is 8.08. The van der Waals surface area contributed by atoms with Crippen molar-refractivity contribution in [3.63, 3.8) is 0 Å². The summed E-state index contributed by atoms with van der Waals surface area (Å²) >= 11 is 0. The van der Waals surface area contributed by atoms with Gasteiger partial charge in [0, 0.05) is 19.1 Å². The van der Waals surface area contributed by atoms with Crippen molar-refractivity contribution >= 4 is 0 Å². The second-order valence-electron chi connectivity index (χ2n) is 4.91. The number of aliphatic hydroxyl groups excluding tert-OH is 1. The summed E-state index contributed by atoms with van der Waals surface area (Å²) in [5.41, 5.74) is 0. The topological polar surface area (TPSA) is 35.5 Å². The molecule has 0 aromatic carbocycles. The third-order valence-corrected chi connectivity index (χ3v) is 3.79. The molecule has 17 heavy (non-hydrogen) atoms. The zero-order chi connectivity index (χ0) is 13.3. The minimum atomic E-state index is -0.258. The second kappa shape index (κ2) is 9.86. The van der Waals surface area contributed by atoms with Gasteiger partial charge in [-0.25, -0.2) is 0 Å². The van der Waals surface area contributed by atoms with Crippen LogP contribution < -0.4 is 5.32 Å². The first-order valence-corrected chi connectivity index (χ1v) is 7.22. The Hall–Kier alpha value is -0.120. The SMILES string of the molecule is CCC(CC)C(C)NCC(O)CN(CC)CC. The van der Waals surface area contributed by atoms with Gasteiger partial charge >= 0.3 is 0 Å². The lowest BCUT2D eigenvalue weighted by molar-refractivity contribution is 0.111. The molecule has 0 rings (SSSR count). The van der Waals surface area contributed by atoms with Crippen LogP contribution >= 0.6 is 0 Å². The zero-order valence-corrected chi connectivity index (χ0v) is 12.4. The number of nitrogens with one attached hydrogen (secondary N) is 1. The van der Waals surface area contributed by atoms with Crippen LogP contribution in [0.5, 0.6) is 0 Å². The van der Waals surface area contributed by atoms with Gasteiger partial charge in [0.15, 0.2) is 0 Å². The van der Waals surface area contributed by atoms with E-state index in [1.54, 1.807) is 0 Å². The number of rotatable bonds is 10. The fourth-order valence-electron chi connectivity index (χ4n) is 2.33. The maximum Gasteiger partial charge on any atom is 0.0791 e. The molecule has 0 bridgehead atoms. The lowest BCUT2D eigenvalue weighted by atomic mass is 9.95. The number of hydrogen-bond donors (Lipinski definition) is 2. The van der Waals surface area contributed by atoms with Gasteiger partial charge in [-0.05, 0) is 25.9 Å². The second-order valence-corrected chi connectivity index (χ2v) is 4.91. The Morgan fingerprint density at radius 1 is 1.06 bits per heavy atom. The maximum atomic E-state index is 9.95. The maximum absolute atomic E-state index is 9.95. The standard InChI is InChI=1S/C14H32N2O/c1-6-13(7-2)12(5)15-10-14(17)11-16(8-3)9-4/h12-15,17H,6-11H2,1-5H3. The van der Waals surface area contributed by atoms with E-state index in [0.29, 0.717) is 12.6 Å². The molecule has 0 spiro atoms. The molecule has 0 radical (unpaired) electrons. The van der Waals surface area contributed by atoms with Crippen LogP contribution in [0.25, 0.3) is 0 Å². The molecule has 3 heteroatoms. The Morgan fingerprint density at radius 2 is 1.59 bits per heavy atom. The average Bonchev–Trinajstić information content (AvgIpc) is 2.34. The number of aliphatic hydroxyl groups is 1. The molecule has 0 fully saturated rings. The lowest BCUT2D eigenvalue weighted by Gasteiger charge is -2.26. The third-order valence-electron chi connectivity index (χ3n) is 3.79. The Balaban J connectivity index is 3.85. The summed E-state index contributed by atoms with van der Waals surface area (Å²) in [5.74, 6) is 0.718.